The van der Waals surface area contributed by atoms with Gasteiger partial charge in [0.2, 0.25) is 5.91 Å². The van der Waals surface area contributed by atoms with E-state index in [0.29, 0.717) is 19.5 Å². The second kappa shape index (κ2) is 14.0. The van der Waals surface area contributed by atoms with E-state index in [9.17, 15) is 18.0 Å². The van der Waals surface area contributed by atoms with Crippen molar-refractivity contribution in [3.05, 3.63) is 54.1 Å². The summed E-state index contributed by atoms with van der Waals surface area (Å²) >= 11 is -0.103. The van der Waals surface area contributed by atoms with Crippen molar-refractivity contribution in [3.63, 3.8) is 0 Å². The van der Waals surface area contributed by atoms with Gasteiger partial charge in [-0.15, -0.1) is 0 Å². The van der Waals surface area contributed by atoms with Crippen molar-refractivity contribution in [2.75, 3.05) is 56.0 Å². The van der Waals surface area contributed by atoms with Gasteiger partial charge in [0.25, 0.3) is 0 Å². The van der Waals surface area contributed by atoms with Gasteiger partial charge in [-0.1, -0.05) is 40.3 Å². The van der Waals surface area contributed by atoms with Crippen LogP contribution >= 0.6 is 11.8 Å². The fourth-order valence-electron chi connectivity index (χ4n) is 5.28. The highest BCUT2D eigenvalue weighted by atomic mass is 32.2. The van der Waals surface area contributed by atoms with Crippen LogP contribution in [0.5, 0.6) is 0 Å². The second-order valence-electron chi connectivity index (χ2n) is 11.6. The number of hydrogen-bond acceptors (Lipinski definition) is 5. The molecule has 4 rings (SSSR count). The maximum Gasteiger partial charge on any atom is 0.446 e. The fourth-order valence-corrected chi connectivity index (χ4v) is 5.82. The summed E-state index contributed by atoms with van der Waals surface area (Å²) in [6, 6.07) is 15.5. The number of thioether (sulfide) groups is 1. The SMILES string of the molecule is C.CC(C)(C)c1ccc(N2CCN(CCCC(=O)N3CCC(Nc4ccc(SC(F)(F)F)cc4)CC3)CC2)cc1. The smallest absolute Gasteiger partial charge is 0.382 e. The van der Waals surface area contributed by atoms with E-state index < -0.39 is 5.51 Å². The molecule has 40 heavy (non-hydrogen) atoms. The normalized spacial score (nSPS) is 17.4. The molecule has 5 nitrogen and oxygen atoms in total. The molecule has 0 unspecified atom stereocenters. The zero-order chi connectivity index (χ0) is 28.0. The summed E-state index contributed by atoms with van der Waals surface area (Å²) in [6.07, 6.45) is 3.12. The number of benzene rings is 2. The average molecular weight is 579 g/mol. The van der Waals surface area contributed by atoms with Crippen molar-refractivity contribution in [2.24, 2.45) is 0 Å². The Balaban J connectivity index is 0.00000441. The number of nitrogens with one attached hydrogen (secondary N) is 1. The lowest BCUT2D eigenvalue weighted by Crippen LogP contribution is -2.47. The number of hydrogen-bond donors (Lipinski definition) is 1. The Kier molecular flexibility index (Phi) is 11.2. The van der Waals surface area contributed by atoms with Crippen LogP contribution < -0.4 is 10.2 Å². The van der Waals surface area contributed by atoms with Gasteiger partial charge in [-0.2, -0.15) is 13.2 Å². The highest BCUT2D eigenvalue weighted by molar-refractivity contribution is 8.00. The van der Waals surface area contributed by atoms with Gasteiger partial charge >= 0.3 is 5.51 Å². The zero-order valence-corrected chi connectivity index (χ0v) is 24.1. The van der Waals surface area contributed by atoms with Crippen LogP contribution in [-0.2, 0) is 10.2 Å². The maximum absolute atomic E-state index is 12.8. The molecule has 0 spiro atoms. The Labute approximate surface area is 242 Å². The van der Waals surface area contributed by atoms with Crippen LogP contribution in [-0.4, -0.2) is 73.1 Å². The van der Waals surface area contributed by atoms with Crippen LogP contribution in [0.1, 0.15) is 59.4 Å². The summed E-state index contributed by atoms with van der Waals surface area (Å²) in [6.45, 7) is 13.1. The first-order chi connectivity index (χ1) is 18.5. The zero-order valence-electron chi connectivity index (χ0n) is 23.3. The van der Waals surface area contributed by atoms with Crippen LogP contribution in [0.4, 0.5) is 24.5 Å². The average Bonchev–Trinajstić information content (AvgIpc) is 2.89. The topological polar surface area (TPSA) is 38.8 Å². The first kappa shape index (κ1) is 32.1. The second-order valence-corrected chi connectivity index (χ2v) is 12.7. The third-order valence-corrected chi connectivity index (χ3v) is 8.38. The number of piperazine rings is 1. The molecule has 1 N–H and O–H groups in total. The number of piperidine rings is 1. The lowest BCUT2D eigenvalue weighted by Gasteiger charge is -2.36. The van der Waals surface area contributed by atoms with Gasteiger partial charge in [0, 0.05) is 68.0 Å². The maximum atomic E-state index is 12.8. The number of amides is 1. The quantitative estimate of drug-likeness (QED) is 0.335. The molecule has 9 heteroatoms. The van der Waals surface area contributed by atoms with E-state index >= 15 is 0 Å². The van der Waals surface area contributed by atoms with E-state index in [1.807, 2.05) is 4.90 Å². The minimum atomic E-state index is -4.28. The Morgan fingerprint density at radius 3 is 2.05 bits per heavy atom. The van der Waals surface area contributed by atoms with Crippen molar-refractivity contribution < 1.29 is 18.0 Å². The number of rotatable bonds is 8. The number of nitrogens with zero attached hydrogens (tertiary/aromatic N) is 3. The molecule has 0 atom stereocenters. The molecule has 222 valence electrons. The largest absolute Gasteiger partial charge is 0.446 e. The molecular formula is C31H45F3N4OS. The lowest BCUT2D eigenvalue weighted by molar-refractivity contribution is -0.132. The molecule has 2 fully saturated rings. The van der Waals surface area contributed by atoms with Crippen molar-refractivity contribution in [3.8, 4) is 0 Å². The number of halogens is 3. The molecule has 0 bridgehead atoms. The summed E-state index contributed by atoms with van der Waals surface area (Å²) in [7, 11) is 0. The predicted octanol–water partition coefficient (Wildman–Crippen LogP) is 7.24. The van der Waals surface area contributed by atoms with E-state index in [4.69, 9.17) is 0 Å². The summed E-state index contributed by atoms with van der Waals surface area (Å²) in [5, 5.41) is 3.40. The monoisotopic (exact) mass is 578 g/mol. The van der Waals surface area contributed by atoms with Gasteiger partial charge in [0.15, 0.2) is 0 Å². The van der Waals surface area contributed by atoms with Crippen LogP contribution in [0.25, 0.3) is 0 Å². The van der Waals surface area contributed by atoms with E-state index in [-0.39, 0.29) is 41.4 Å². The first-order valence-electron chi connectivity index (χ1n) is 13.9. The summed E-state index contributed by atoms with van der Waals surface area (Å²) < 4.78 is 37.5. The molecule has 2 aliphatic rings. The van der Waals surface area contributed by atoms with Gasteiger partial charge in [-0.25, -0.2) is 0 Å². The number of carbonyl (C=O) groups is 1. The third-order valence-electron chi connectivity index (χ3n) is 7.64. The van der Waals surface area contributed by atoms with Crippen molar-refractivity contribution >= 4 is 29.0 Å². The fraction of sp³-hybridized carbons (Fsp3) is 0.581. The van der Waals surface area contributed by atoms with Gasteiger partial charge in [0.1, 0.15) is 0 Å². The molecule has 0 saturated carbocycles. The van der Waals surface area contributed by atoms with Crippen LogP contribution in [0.15, 0.2) is 53.4 Å². The molecule has 2 saturated heterocycles. The Morgan fingerprint density at radius 1 is 0.900 bits per heavy atom. The van der Waals surface area contributed by atoms with Gasteiger partial charge in [-0.3, -0.25) is 9.69 Å². The van der Waals surface area contributed by atoms with Crippen LogP contribution in [0.2, 0.25) is 0 Å². The van der Waals surface area contributed by atoms with Crippen molar-refractivity contribution in [1.82, 2.24) is 9.80 Å². The molecule has 2 aliphatic heterocycles. The third kappa shape index (κ3) is 9.61. The molecule has 2 aromatic rings. The summed E-state index contributed by atoms with van der Waals surface area (Å²) in [4.78, 5) is 19.8. The highest BCUT2D eigenvalue weighted by Crippen LogP contribution is 2.37. The van der Waals surface area contributed by atoms with Crippen LogP contribution in [0, 0.1) is 0 Å². The minimum absolute atomic E-state index is 0. The Morgan fingerprint density at radius 2 is 1.50 bits per heavy atom. The van der Waals surface area contributed by atoms with Gasteiger partial charge in [0.05, 0.1) is 0 Å². The number of likely N-dealkylation sites (tertiary alicyclic amines) is 1. The lowest BCUT2D eigenvalue weighted by atomic mass is 9.87. The molecular weight excluding hydrogens is 533 g/mol. The van der Waals surface area contributed by atoms with Crippen LogP contribution in [0.3, 0.4) is 0 Å². The Bertz CT molecular complexity index is 1050. The minimum Gasteiger partial charge on any atom is -0.382 e. The number of carbonyl (C=O) groups excluding carboxylic acids is 1. The Hall–Kier alpha value is -2.39. The summed E-state index contributed by atoms with van der Waals surface area (Å²) in [5.41, 5.74) is -0.658. The molecule has 1 amide bonds. The van der Waals surface area contributed by atoms with Crippen molar-refractivity contribution in [1.29, 1.82) is 0 Å². The number of alkyl halides is 3. The highest BCUT2D eigenvalue weighted by Gasteiger charge is 2.29. The summed E-state index contributed by atoms with van der Waals surface area (Å²) in [5.74, 6) is 0.222. The predicted molar refractivity (Wildman–Crippen MR) is 161 cm³/mol. The number of anilines is 2. The van der Waals surface area contributed by atoms with Crippen molar-refractivity contribution in [2.45, 2.75) is 75.7 Å². The van der Waals surface area contributed by atoms with Gasteiger partial charge < -0.3 is 15.1 Å². The first-order valence-corrected chi connectivity index (χ1v) is 14.8. The van der Waals surface area contributed by atoms with E-state index in [1.165, 1.54) is 23.4 Å². The molecule has 0 aliphatic carbocycles. The standard InChI is InChI=1S/C30H41F3N4OS.CH4/c1-29(2,3)23-6-10-26(11-7-23)36-21-19-35(20-22-36)16-4-5-28(38)37-17-14-25(15-18-37)34-24-8-12-27(13-9-24)39-30(31,32)33;/h6-13,25,34H,4-5,14-22H2,1-3H3;1H4. The molecule has 0 radical (unpaired) electrons. The van der Waals surface area contributed by atoms with E-state index in [1.54, 1.807) is 12.1 Å². The molecule has 2 aromatic carbocycles. The van der Waals surface area contributed by atoms with Gasteiger partial charge in [-0.05, 0) is 84.9 Å². The van der Waals surface area contributed by atoms with E-state index in [2.05, 4.69) is 60.2 Å². The molecule has 0 aromatic heterocycles. The molecule has 2 heterocycles. The van der Waals surface area contributed by atoms with E-state index in [0.717, 1.165) is 57.7 Å².